The molecule has 1 atom stereocenters. The molecule has 21 heavy (non-hydrogen) atoms. The van der Waals surface area contributed by atoms with Gasteiger partial charge in [-0.25, -0.2) is 9.50 Å². The second kappa shape index (κ2) is 5.00. The quantitative estimate of drug-likeness (QED) is 0.802. The molecule has 5 nitrogen and oxygen atoms in total. The Kier molecular flexibility index (Phi) is 3.00. The average Bonchev–Trinajstić information content (AvgIpc) is 3.09. The molecule has 0 saturated heterocycles. The van der Waals surface area contributed by atoms with Gasteiger partial charge in [0.15, 0.2) is 5.65 Å². The van der Waals surface area contributed by atoms with E-state index in [9.17, 15) is 0 Å². The van der Waals surface area contributed by atoms with Crippen LogP contribution in [0.1, 0.15) is 41.5 Å². The number of hydrogen-bond donors (Lipinski definition) is 1. The summed E-state index contributed by atoms with van der Waals surface area (Å²) in [6.45, 7) is 2.77. The first-order chi connectivity index (χ1) is 10.3. The van der Waals surface area contributed by atoms with Gasteiger partial charge >= 0.3 is 0 Å². The first kappa shape index (κ1) is 12.6. The Morgan fingerprint density at radius 3 is 3.38 bits per heavy atom. The molecule has 1 N–H and O–H groups in total. The van der Waals surface area contributed by atoms with Crippen LogP contribution in [-0.2, 0) is 13.0 Å². The first-order valence-electron chi connectivity index (χ1n) is 7.40. The molecule has 4 rings (SSSR count). The Hall–Kier alpha value is -2.14. The van der Waals surface area contributed by atoms with E-state index >= 15 is 0 Å². The predicted octanol–water partition coefficient (Wildman–Crippen LogP) is 2.80. The summed E-state index contributed by atoms with van der Waals surface area (Å²) in [5, 5.41) is 8.02. The van der Waals surface area contributed by atoms with Crippen LogP contribution in [0.5, 0.6) is 0 Å². The Morgan fingerprint density at radius 2 is 2.43 bits per heavy atom. The third kappa shape index (κ3) is 2.34. The fourth-order valence-electron chi connectivity index (χ4n) is 3.06. The van der Waals surface area contributed by atoms with Gasteiger partial charge in [0.1, 0.15) is 5.76 Å². The SMILES string of the molecule is Cc1cc2ncc(CNC3CCCc4occc43)cn2n1. The van der Waals surface area contributed by atoms with Gasteiger partial charge in [-0.1, -0.05) is 0 Å². The zero-order valence-electron chi connectivity index (χ0n) is 12.0. The van der Waals surface area contributed by atoms with E-state index < -0.39 is 0 Å². The van der Waals surface area contributed by atoms with Crippen molar-refractivity contribution in [3.63, 3.8) is 0 Å². The number of fused-ring (bicyclic) bond motifs is 2. The number of nitrogens with one attached hydrogen (secondary N) is 1. The van der Waals surface area contributed by atoms with E-state index in [0.717, 1.165) is 42.1 Å². The summed E-state index contributed by atoms with van der Waals surface area (Å²) in [6.07, 6.45) is 9.15. The fourth-order valence-corrected chi connectivity index (χ4v) is 3.06. The second-order valence-corrected chi connectivity index (χ2v) is 5.68. The second-order valence-electron chi connectivity index (χ2n) is 5.68. The Morgan fingerprint density at radius 1 is 1.48 bits per heavy atom. The molecule has 3 heterocycles. The van der Waals surface area contributed by atoms with Crippen LogP contribution < -0.4 is 5.32 Å². The summed E-state index contributed by atoms with van der Waals surface area (Å²) >= 11 is 0. The minimum atomic E-state index is 0.377. The lowest BCUT2D eigenvalue weighted by Crippen LogP contribution is -2.24. The molecule has 1 aliphatic carbocycles. The Bertz CT molecular complexity index is 774. The van der Waals surface area contributed by atoms with E-state index in [2.05, 4.69) is 21.5 Å². The van der Waals surface area contributed by atoms with Crippen LogP contribution in [-0.4, -0.2) is 14.6 Å². The molecule has 0 saturated carbocycles. The number of furan rings is 1. The minimum absolute atomic E-state index is 0.377. The lowest BCUT2D eigenvalue weighted by molar-refractivity contribution is 0.410. The minimum Gasteiger partial charge on any atom is -0.469 e. The monoisotopic (exact) mass is 282 g/mol. The van der Waals surface area contributed by atoms with Gasteiger partial charge in [-0.2, -0.15) is 5.10 Å². The molecule has 0 aliphatic heterocycles. The van der Waals surface area contributed by atoms with Crippen molar-refractivity contribution in [1.82, 2.24) is 19.9 Å². The van der Waals surface area contributed by atoms with E-state index in [4.69, 9.17) is 4.42 Å². The molecule has 3 aromatic rings. The molecular formula is C16H18N4O. The highest BCUT2D eigenvalue weighted by Gasteiger charge is 2.21. The highest BCUT2D eigenvalue weighted by molar-refractivity contribution is 5.39. The molecule has 0 aromatic carbocycles. The van der Waals surface area contributed by atoms with Crippen molar-refractivity contribution in [2.45, 2.75) is 38.8 Å². The van der Waals surface area contributed by atoms with Crippen molar-refractivity contribution >= 4 is 5.65 Å². The summed E-state index contributed by atoms with van der Waals surface area (Å²) in [5.74, 6) is 1.13. The van der Waals surface area contributed by atoms with E-state index in [1.54, 1.807) is 6.26 Å². The average molecular weight is 282 g/mol. The molecule has 0 bridgehead atoms. The molecule has 0 amide bonds. The molecular weight excluding hydrogens is 264 g/mol. The number of aromatic nitrogens is 3. The molecule has 108 valence electrons. The van der Waals surface area contributed by atoms with E-state index in [0.29, 0.717) is 6.04 Å². The van der Waals surface area contributed by atoms with Gasteiger partial charge in [-0.15, -0.1) is 0 Å². The molecule has 5 heteroatoms. The third-order valence-electron chi connectivity index (χ3n) is 4.09. The summed E-state index contributed by atoms with van der Waals surface area (Å²) in [4.78, 5) is 4.44. The lowest BCUT2D eigenvalue weighted by Gasteiger charge is -2.22. The molecule has 1 unspecified atom stereocenters. The van der Waals surface area contributed by atoms with Gasteiger partial charge in [0, 0.05) is 48.6 Å². The molecule has 3 aromatic heterocycles. The largest absolute Gasteiger partial charge is 0.469 e. The highest BCUT2D eigenvalue weighted by atomic mass is 16.3. The Balaban J connectivity index is 1.51. The van der Waals surface area contributed by atoms with Gasteiger partial charge < -0.3 is 9.73 Å². The van der Waals surface area contributed by atoms with Crippen LogP contribution in [0.3, 0.4) is 0 Å². The van der Waals surface area contributed by atoms with Crippen molar-refractivity contribution in [1.29, 1.82) is 0 Å². The van der Waals surface area contributed by atoms with Crippen molar-refractivity contribution < 1.29 is 4.42 Å². The fraction of sp³-hybridized carbons (Fsp3) is 0.375. The highest BCUT2D eigenvalue weighted by Crippen LogP contribution is 2.30. The van der Waals surface area contributed by atoms with Gasteiger partial charge in [-0.3, -0.25) is 0 Å². The smallest absolute Gasteiger partial charge is 0.155 e. The van der Waals surface area contributed by atoms with Crippen LogP contribution >= 0.6 is 0 Å². The zero-order chi connectivity index (χ0) is 14.2. The first-order valence-corrected chi connectivity index (χ1v) is 7.40. The number of aryl methyl sites for hydroxylation is 2. The normalized spacial score (nSPS) is 18.0. The molecule has 0 fully saturated rings. The van der Waals surface area contributed by atoms with Crippen LogP contribution in [0.2, 0.25) is 0 Å². The third-order valence-corrected chi connectivity index (χ3v) is 4.09. The van der Waals surface area contributed by atoms with E-state index in [1.807, 2.05) is 29.9 Å². The van der Waals surface area contributed by atoms with Gasteiger partial charge in [0.05, 0.1) is 12.0 Å². The molecule has 0 spiro atoms. The van der Waals surface area contributed by atoms with Crippen LogP contribution in [0.25, 0.3) is 5.65 Å². The van der Waals surface area contributed by atoms with E-state index in [1.165, 1.54) is 12.0 Å². The van der Waals surface area contributed by atoms with Gasteiger partial charge in [0.2, 0.25) is 0 Å². The number of nitrogens with zero attached hydrogens (tertiary/aromatic N) is 3. The molecule has 0 radical (unpaired) electrons. The summed E-state index contributed by atoms with van der Waals surface area (Å²) in [5.41, 5.74) is 4.33. The maximum Gasteiger partial charge on any atom is 0.155 e. The molecule has 1 aliphatic rings. The topological polar surface area (TPSA) is 55.4 Å². The van der Waals surface area contributed by atoms with Crippen LogP contribution in [0.15, 0.2) is 35.2 Å². The maximum absolute atomic E-state index is 5.53. The van der Waals surface area contributed by atoms with Crippen LogP contribution in [0.4, 0.5) is 0 Å². The number of hydrogen-bond acceptors (Lipinski definition) is 4. The standard InChI is InChI=1S/C16H18N4O/c1-11-7-16-18-9-12(10-20(16)19-11)8-17-14-3-2-4-15-13(14)5-6-21-15/h5-7,9-10,14,17H,2-4,8H2,1H3. The summed E-state index contributed by atoms with van der Waals surface area (Å²) in [7, 11) is 0. The lowest BCUT2D eigenvalue weighted by atomic mass is 9.93. The summed E-state index contributed by atoms with van der Waals surface area (Å²) in [6, 6.07) is 4.45. The maximum atomic E-state index is 5.53. The zero-order valence-corrected chi connectivity index (χ0v) is 12.0. The predicted molar refractivity (Wildman–Crippen MR) is 79.0 cm³/mol. The number of rotatable bonds is 3. The van der Waals surface area contributed by atoms with Gasteiger partial charge in [-0.05, 0) is 25.8 Å². The van der Waals surface area contributed by atoms with Crippen molar-refractivity contribution in [3.8, 4) is 0 Å². The summed E-state index contributed by atoms with van der Waals surface area (Å²) < 4.78 is 7.38. The van der Waals surface area contributed by atoms with Crippen molar-refractivity contribution in [2.75, 3.05) is 0 Å². The van der Waals surface area contributed by atoms with E-state index in [-0.39, 0.29) is 0 Å². The van der Waals surface area contributed by atoms with Crippen molar-refractivity contribution in [3.05, 3.63) is 53.4 Å². The van der Waals surface area contributed by atoms with Gasteiger partial charge in [0.25, 0.3) is 0 Å². The van der Waals surface area contributed by atoms with Crippen LogP contribution in [0, 0.1) is 6.92 Å². The van der Waals surface area contributed by atoms with Crippen molar-refractivity contribution in [2.24, 2.45) is 0 Å². The Labute approximate surface area is 123 Å².